The van der Waals surface area contributed by atoms with Crippen molar-refractivity contribution >= 4 is 0 Å². The number of hydrogen-bond acceptors (Lipinski definition) is 3. The van der Waals surface area contributed by atoms with E-state index in [0.717, 1.165) is 23.0 Å². The lowest BCUT2D eigenvalue weighted by atomic mass is 10.4. The summed E-state index contributed by atoms with van der Waals surface area (Å²) < 4.78 is 1.82. The van der Waals surface area contributed by atoms with Crippen molar-refractivity contribution in [2.75, 3.05) is 0 Å². The Bertz CT molecular complexity index is 459. The van der Waals surface area contributed by atoms with E-state index in [1.807, 2.05) is 37.6 Å². The third kappa shape index (κ3) is 1.51. The normalized spacial score (nSPS) is 10.5. The third-order valence-electron chi connectivity index (χ3n) is 1.99. The van der Waals surface area contributed by atoms with Crippen molar-refractivity contribution in [3.8, 4) is 5.82 Å². The van der Waals surface area contributed by atoms with Gasteiger partial charge in [-0.15, -0.1) is 0 Å². The summed E-state index contributed by atoms with van der Waals surface area (Å²) in [5.74, 6) is 1.58. The van der Waals surface area contributed by atoms with Gasteiger partial charge in [0.15, 0.2) is 5.82 Å². The van der Waals surface area contributed by atoms with Crippen LogP contribution >= 0.6 is 0 Å². The van der Waals surface area contributed by atoms with E-state index in [1.54, 1.807) is 6.20 Å². The van der Waals surface area contributed by atoms with Crippen LogP contribution < -0.4 is 0 Å². The summed E-state index contributed by atoms with van der Waals surface area (Å²) in [6.07, 6.45) is 1.74. The number of nitrogens with zero attached hydrogens (tertiary/aromatic N) is 4. The second-order valence-electron chi connectivity index (χ2n) is 3.30. The van der Waals surface area contributed by atoms with Crippen LogP contribution in [-0.2, 0) is 0 Å². The zero-order valence-electron chi connectivity index (χ0n) is 8.52. The smallest absolute Gasteiger partial charge is 0.157 e. The Hall–Kier alpha value is -1.71. The highest BCUT2D eigenvalue weighted by atomic mass is 15.3. The van der Waals surface area contributed by atoms with Crippen LogP contribution in [0.25, 0.3) is 5.82 Å². The molecule has 4 heteroatoms. The Kier molecular flexibility index (Phi) is 2.04. The highest BCUT2D eigenvalue weighted by molar-refractivity contribution is 5.24. The highest BCUT2D eigenvalue weighted by Gasteiger charge is 2.04. The second kappa shape index (κ2) is 3.21. The zero-order chi connectivity index (χ0) is 10.1. The average Bonchev–Trinajstić information content (AvgIpc) is 2.45. The van der Waals surface area contributed by atoms with Gasteiger partial charge in [-0.3, -0.25) is 0 Å². The molecule has 0 fully saturated rings. The Labute approximate surface area is 82.6 Å². The van der Waals surface area contributed by atoms with E-state index in [9.17, 15) is 0 Å². The molecule has 72 valence electrons. The molecule has 0 aliphatic heterocycles. The lowest BCUT2D eigenvalue weighted by Gasteiger charge is -2.02. The van der Waals surface area contributed by atoms with Gasteiger partial charge in [0, 0.05) is 18.0 Å². The van der Waals surface area contributed by atoms with Gasteiger partial charge in [0.25, 0.3) is 0 Å². The molecule has 0 N–H and O–H groups in total. The van der Waals surface area contributed by atoms with Crippen molar-refractivity contribution in [2.45, 2.75) is 20.8 Å². The van der Waals surface area contributed by atoms with E-state index in [4.69, 9.17) is 0 Å². The lowest BCUT2D eigenvalue weighted by molar-refractivity contribution is 0.793. The monoisotopic (exact) mass is 188 g/mol. The molecule has 0 aromatic carbocycles. The minimum absolute atomic E-state index is 0.759. The van der Waals surface area contributed by atoms with Crippen molar-refractivity contribution in [3.05, 3.63) is 35.5 Å². The standard InChI is InChI=1S/C10H12N4/c1-7-6-8(2)14(13-7)10-4-5-11-9(3)12-10/h4-6H,1-3H3. The molecule has 14 heavy (non-hydrogen) atoms. The molecule has 0 aliphatic rings. The summed E-state index contributed by atoms with van der Waals surface area (Å²) in [5, 5.41) is 4.35. The van der Waals surface area contributed by atoms with Crippen molar-refractivity contribution in [2.24, 2.45) is 0 Å². The molecule has 4 nitrogen and oxygen atoms in total. The number of rotatable bonds is 1. The lowest BCUT2D eigenvalue weighted by Crippen LogP contribution is -2.03. The molecule has 2 rings (SSSR count). The molecule has 0 amide bonds. The third-order valence-corrected chi connectivity index (χ3v) is 1.99. The van der Waals surface area contributed by atoms with Gasteiger partial charge >= 0.3 is 0 Å². The minimum Gasteiger partial charge on any atom is -0.242 e. The summed E-state index contributed by atoms with van der Waals surface area (Å²) in [4.78, 5) is 8.36. The largest absolute Gasteiger partial charge is 0.242 e. The Balaban J connectivity index is 2.54. The van der Waals surface area contributed by atoms with Crippen LogP contribution in [0.3, 0.4) is 0 Å². The van der Waals surface area contributed by atoms with Crippen molar-refractivity contribution in [1.82, 2.24) is 19.7 Å². The molecule has 0 saturated carbocycles. The zero-order valence-corrected chi connectivity index (χ0v) is 8.52. The summed E-state index contributed by atoms with van der Waals surface area (Å²) in [6, 6.07) is 3.88. The molecule has 0 bridgehead atoms. The quantitative estimate of drug-likeness (QED) is 0.682. The molecule has 2 aromatic rings. The maximum absolute atomic E-state index is 4.35. The van der Waals surface area contributed by atoms with Gasteiger partial charge < -0.3 is 0 Å². The maximum atomic E-state index is 4.35. The Morgan fingerprint density at radius 3 is 2.57 bits per heavy atom. The van der Waals surface area contributed by atoms with E-state index in [0.29, 0.717) is 0 Å². The maximum Gasteiger partial charge on any atom is 0.157 e. The molecule has 0 radical (unpaired) electrons. The van der Waals surface area contributed by atoms with Crippen molar-refractivity contribution < 1.29 is 0 Å². The predicted molar refractivity (Wildman–Crippen MR) is 53.4 cm³/mol. The number of aromatic nitrogens is 4. The van der Waals surface area contributed by atoms with Gasteiger partial charge in [0.05, 0.1) is 5.69 Å². The van der Waals surface area contributed by atoms with Gasteiger partial charge in [-0.25, -0.2) is 14.6 Å². The molecule has 2 heterocycles. The van der Waals surface area contributed by atoms with E-state index in [-0.39, 0.29) is 0 Å². The van der Waals surface area contributed by atoms with E-state index in [1.165, 1.54) is 0 Å². The first-order chi connectivity index (χ1) is 6.66. The van der Waals surface area contributed by atoms with Gasteiger partial charge in [-0.05, 0) is 26.8 Å². The molecule has 0 unspecified atom stereocenters. The topological polar surface area (TPSA) is 43.6 Å². The fraction of sp³-hybridized carbons (Fsp3) is 0.300. The van der Waals surface area contributed by atoms with Crippen LogP contribution in [-0.4, -0.2) is 19.7 Å². The van der Waals surface area contributed by atoms with E-state index in [2.05, 4.69) is 15.1 Å². The van der Waals surface area contributed by atoms with Crippen LogP contribution in [0.2, 0.25) is 0 Å². The Morgan fingerprint density at radius 2 is 2.00 bits per heavy atom. The summed E-state index contributed by atoms with van der Waals surface area (Å²) in [5.41, 5.74) is 2.08. The fourth-order valence-corrected chi connectivity index (χ4v) is 1.42. The highest BCUT2D eigenvalue weighted by Crippen LogP contribution is 2.08. The molecular formula is C10H12N4. The number of aryl methyl sites for hydroxylation is 3. The first kappa shape index (κ1) is 8.87. The molecular weight excluding hydrogens is 176 g/mol. The SMILES string of the molecule is Cc1cc(C)n(-c2ccnc(C)n2)n1. The Morgan fingerprint density at radius 1 is 1.21 bits per heavy atom. The van der Waals surface area contributed by atoms with Gasteiger partial charge in [0.2, 0.25) is 0 Å². The van der Waals surface area contributed by atoms with Crippen LogP contribution in [0.15, 0.2) is 18.3 Å². The van der Waals surface area contributed by atoms with Crippen molar-refractivity contribution in [1.29, 1.82) is 0 Å². The van der Waals surface area contributed by atoms with E-state index < -0.39 is 0 Å². The van der Waals surface area contributed by atoms with Crippen LogP contribution in [0.1, 0.15) is 17.2 Å². The summed E-state index contributed by atoms with van der Waals surface area (Å²) >= 11 is 0. The van der Waals surface area contributed by atoms with Crippen molar-refractivity contribution in [3.63, 3.8) is 0 Å². The first-order valence-electron chi connectivity index (χ1n) is 4.50. The summed E-state index contributed by atoms with van der Waals surface area (Å²) in [7, 11) is 0. The molecule has 0 spiro atoms. The van der Waals surface area contributed by atoms with Crippen LogP contribution in [0.5, 0.6) is 0 Å². The van der Waals surface area contributed by atoms with Gasteiger partial charge in [0.1, 0.15) is 5.82 Å². The molecule has 0 aliphatic carbocycles. The first-order valence-corrected chi connectivity index (χ1v) is 4.50. The molecule has 0 atom stereocenters. The fourth-order valence-electron chi connectivity index (χ4n) is 1.42. The van der Waals surface area contributed by atoms with Gasteiger partial charge in [-0.1, -0.05) is 0 Å². The second-order valence-corrected chi connectivity index (χ2v) is 3.30. The van der Waals surface area contributed by atoms with Crippen LogP contribution in [0.4, 0.5) is 0 Å². The average molecular weight is 188 g/mol. The predicted octanol–water partition coefficient (Wildman–Crippen LogP) is 1.59. The molecule has 2 aromatic heterocycles. The van der Waals surface area contributed by atoms with Gasteiger partial charge in [-0.2, -0.15) is 5.10 Å². The summed E-state index contributed by atoms with van der Waals surface area (Å²) in [6.45, 7) is 5.85. The number of hydrogen-bond donors (Lipinski definition) is 0. The minimum atomic E-state index is 0.759. The van der Waals surface area contributed by atoms with E-state index >= 15 is 0 Å². The molecule has 0 saturated heterocycles. The van der Waals surface area contributed by atoms with Crippen LogP contribution in [0, 0.1) is 20.8 Å².